The summed E-state index contributed by atoms with van der Waals surface area (Å²) in [5, 5.41) is 12.0. The van der Waals surface area contributed by atoms with E-state index >= 15 is 0 Å². The lowest BCUT2D eigenvalue weighted by atomic mass is 9.98. The first-order chi connectivity index (χ1) is 14.9. The monoisotopic (exact) mass is 417 g/mol. The zero-order valence-electron chi connectivity index (χ0n) is 17.8. The second-order valence-electron chi connectivity index (χ2n) is 7.61. The highest BCUT2D eigenvalue weighted by Gasteiger charge is 2.29. The van der Waals surface area contributed by atoms with E-state index in [0.29, 0.717) is 5.57 Å². The average Bonchev–Trinajstić information content (AvgIpc) is 3.05. The molecule has 2 aromatic rings. The van der Waals surface area contributed by atoms with Crippen LogP contribution in [0.5, 0.6) is 0 Å². The van der Waals surface area contributed by atoms with E-state index in [1.54, 1.807) is 6.08 Å². The van der Waals surface area contributed by atoms with Gasteiger partial charge in [-0.2, -0.15) is 0 Å². The molecule has 0 radical (unpaired) electrons. The molecule has 5 heteroatoms. The van der Waals surface area contributed by atoms with Crippen LogP contribution in [-0.4, -0.2) is 29.8 Å². The van der Waals surface area contributed by atoms with Crippen molar-refractivity contribution in [3.05, 3.63) is 95.6 Å². The highest BCUT2D eigenvalue weighted by atomic mass is 16.5. The van der Waals surface area contributed by atoms with Crippen molar-refractivity contribution in [2.75, 3.05) is 6.61 Å². The molecule has 0 bridgehead atoms. The fourth-order valence-electron chi connectivity index (χ4n) is 3.94. The van der Waals surface area contributed by atoms with Crippen LogP contribution in [0.3, 0.4) is 0 Å². The first-order valence-corrected chi connectivity index (χ1v) is 10.2. The van der Waals surface area contributed by atoms with Gasteiger partial charge >= 0.3 is 12.1 Å². The smallest absolute Gasteiger partial charge is 0.407 e. The minimum absolute atomic E-state index is 0.0807. The van der Waals surface area contributed by atoms with E-state index in [0.717, 1.165) is 27.8 Å². The SMILES string of the molecule is C=C(/C=C(C)/C=C\C)C[C@H](NC(=O)OCC1c2ccccc2-c2ccccc21)C(=O)O. The summed E-state index contributed by atoms with van der Waals surface area (Å²) in [7, 11) is 0. The molecule has 160 valence electrons. The minimum Gasteiger partial charge on any atom is -0.480 e. The summed E-state index contributed by atoms with van der Waals surface area (Å²) in [4.78, 5) is 24.0. The molecule has 3 rings (SSSR count). The molecule has 5 nitrogen and oxygen atoms in total. The molecule has 1 amide bonds. The van der Waals surface area contributed by atoms with Crippen molar-refractivity contribution < 1.29 is 19.4 Å². The van der Waals surface area contributed by atoms with Gasteiger partial charge in [-0.1, -0.05) is 84.5 Å². The van der Waals surface area contributed by atoms with Gasteiger partial charge in [-0.05, 0) is 36.1 Å². The van der Waals surface area contributed by atoms with E-state index in [4.69, 9.17) is 4.74 Å². The van der Waals surface area contributed by atoms with Gasteiger partial charge in [-0.15, -0.1) is 0 Å². The topological polar surface area (TPSA) is 75.6 Å². The molecular formula is C26H27NO4. The summed E-state index contributed by atoms with van der Waals surface area (Å²) in [6.45, 7) is 7.84. The van der Waals surface area contributed by atoms with Crippen molar-refractivity contribution in [3.8, 4) is 11.1 Å². The summed E-state index contributed by atoms with van der Waals surface area (Å²) in [6, 6.07) is 15.0. The van der Waals surface area contributed by atoms with Crippen LogP contribution >= 0.6 is 0 Å². The third kappa shape index (κ3) is 5.31. The summed E-state index contributed by atoms with van der Waals surface area (Å²) in [6.07, 6.45) is 4.93. The maximum Gasteiger partial charge on any atom is 0.407 e. The number of amides is 1. The number of ether oxygens (including phenoxy) is 1. The first-order valence-electron chi connectivity index (χ1n) is 10.2. The molecule has 0 spiro atoms. The van der Waals surface area contributed by atoms with Crippen molar-refractivity contribution in [3.63, 3.8) is 0 Å². The number of carboxylic acid groups (broad SMARTS) is 1. The Hall–Kier alpha value is -3.60. The maximum absolute atomic E-state index is 12.4. The minimum atomic E-state index is -1.13. The van der Waals surface area contributed by atoms with Crippen molar-refractivity contribution >= 4 is 12.1 Å². The molecule has 1 atom stereocenters. The Morgan fingerprint density at radius 1 is 1.13 bits per heavy atom. The largest absolute Gasteiger partial charge is 0.480 e. The van der Waals surface area contributed by atoms with E-state index in [-0.39, 0.29) is 18.9 Å². The Morgan fingerprint density at radius 3 is 2.26 bits per heavy atom. The summed E-state index contributed by atoms with van der Waals surface area (Å²) < 4.78 is 5.45. The van der Waals surface area contributed by atoms with Gasteiger partial charge in [0.05, 0.1) is 0 Å². The van der Waals surface area contributed by atoms with E-state index in [1.807, 2.05) is 62.4 Å². The molecule has 1 aliphatic rings. The molecule has 2 aromatic carbocycles. The highest BCUT2D eigenvalue weighted by Crippen LogP contribution is 2.44. The Labute approximate surface area is 182 Å². The van der Waals surface area contributed by atoms with Crippen molar-refractivity contribution in [1.82, 2.24) is 5.32 Å². The number of fused-ring (bicyclic) bond motifs is 3. The molecule has 0 saturated carbocycles. The number of rotatable bonds is 8. The van der Waals surface area contributed by atoms with Crippen LogP contribution in [0.25, 0.3) is 11.1 Å². The van der Waals surface area contributed by atoms with Crippen LogP contribution < -0.4 is 5.32 Å². The lowest BCUT2D eigenvalue weighted by Gasteiger charge is -2.17. The number of hydrogen-bond donors (Lipinski definition) is 2. The van der Waals surface area contributed by atoms with E-state index < -0.39 is 18.1 Å². The van der Waals surface area contributed by atoms with Gasteiger partial charge in [0.1, 0.15) is 12.6 Å². The molecule has 0 saturated heterocycles. The Bertz CT molecular complexity index is 1010. The molecule has 0 fully saturated rings. The van der Waals surface area contributed by atoms with Gasteiger partial charge in [0.15, 0.2) is 0 Å². The number of aliphatic carboxylic acids is 1. The zero-order valence-corrected chi connectivity index (χ0v) is 17.8. The predicted octanol–water partition coefficient (Wildman–Crippen LogP) is 5.45. The zero-order chi connectivity index (χ0) is 22.4. The molecule has 1 aliphatic carbocycles. The van der Waals surface area contributed by atoms with Crippen LogP contribution in [0.1, 0.15) is 37.3 Å². The average molecular weight is 418 g/mol. The number of hydrogen-bond acceptors (Lipinski definition) is 3. The number of benzene rings is 2. The molecular weight excluding hydrogens is 390 g/mol. The van der Waals surface area contributed by atoms with Crippen molar-refractivity contribution in [1.29, 1.82) is 0 Å². The number of allylic oxidation sites excluding steroid dienone is 4. The molecule has 0 heterocycles. The number of nitrogens with one attached hydrogen (secondary N) is 1. The van der Waals surface area contributed by atoms with Gasteiger partial charge in [0.2, 0.25) is 0 Å². The molecule has 31 heavy (non-hydrogen) atoms. The Kier molecular flexibility index (Phi) is 7.08. The van der Waals surface area contributed by atoms with Gasteiger partial charge in [-0.3, -0.25) is 0 Å². The number of carbonyl (C=O) groups excluding carboxylic acids is 1. The van der Waals surface area contributed by atoms with Crippen LogP contribution in [0.15, 0.2) is 84.5 Å². The predicted molar refractivity (Wildman–Crippen MR) is 122 cm³/mol. The van der Waals surface area contributed by atoms with Crippen molar-refractivity contribution in [2.45, 2.75) is 32.2 Å². The van der Waals surface area contributed by atoms with E-state index in [1.165, 1.54) is 0 Å². The lowest BCUT2D eigenvalue weighted by Crippen LogP contribution is -2.41. The molecule has 2 N–H and O–H groups in total. The van der Waals surface area contributed by atoms with Crippen LogP contribution in [0.2, 0.25) is 0 Å². The fraction of sp³-hybridized carbons (Fsp3) is 0.231. The first kappa shape index (κ1) is 22.1. The number of carbonyl (C=O) groups is 2. The lowest BCUT2D eigenvalue weighted by molar-refractivity contribution is -0.139. The number of carboxylic acids is 1. The van der Waals surface area contributed by atoms with Crippen LogP contribution in [0, 0.1) is 0 Å². The second-order valence-corrected chi connectivity index (χ2v) is 7.61. The molecule has 0 unspecified atom stereocenters. The Balaban J connectivity index is 1.64. The standard InChI is InChI=1S/C26H27NO4/c1-4-9-17(2)14-18(3)15-24(25(28)29)27-26(30)31-16-23-21-12-7-5-10-19(21)20-11-6-8-13-22(20)23/h4-14,23-24H,3,15-16H2,1-2H3,(H,27,30)(H,28,29)/b9-4-,17-14+/t24-/m0/s1. The van der Waals surface area contributed by atoms with Crippen LogP contribution in [0.4, 0.5) is 4.79 Å². The molecule has 0 aliphatic heterocycles. The summed E-state index contributed by atoms with van der Waals surface area (Å²) in [5.41, 5.74) is 6.04. The van der Waals surface area contributed by atoms with E-state index in [9.17, 15) is 14.7 Å². The second kappa shape index (κ2) is 9.94. The quantitative estimate of drug-likeness (QED) is 0.560. The summed E-state index contributed by atoms with van der Waals surface area (Å²) in [5.74, 6) is -1.21. The van der Waals surface area contributed by atoms with Crippen molar-refractivity contribution in [2.24, 2.45) is 0 Å². The van der Waals surface area contributed by atoms with Gasteiger partial charge in [0.25, 0.3) is 0 Å². The van der Waals surface area contributed by atoms with E-state index in [2.05, 4.69) is 24.0 Å². The van der Waals surface area contributed by atoms with Crippen LogP contribution in [-0.2, 0) is 9.53 Å². The fourth-order valence-corrected chi connectivity index (χ4v) is 3.94. The normalized spacial score (nSPS) is 14.1. The van der Waals surface area contributed by atoms with Gasteiger partial charge in [0, 0.05) is 12.3 Å². The van der Waals surface area contributed by atoms with Gasteiger partial charge in [-0.25, -0.2) is 9.59 Å². The molecule has 0 aromatic heterocycles. The Morgan fingerprint density at radius 2 is 1.71 bits per heavy atom. The number of alkyl carbamates (subject to hydrolysis) is 1. The highest BCUT2D eigenvalue weighted by molar-refractivity contribution is 5.81. The third-order valence-corrected chi connectivity index (χ3v) is 5.26. The maximum atomic E-state index is 12.4. The summed E-state index contributed by atoms with van der Waals surface area (Å²) >= 11 is 0. The van der Waals surface area contributed by atoms with Gasteiger partial charge < -0.3 is 15.2 Å². The third-order valence-electron chi connectivity index (χ3n) is 5.26.